The van der Waals surface area contributed by atoms with Gasteiger partial charge in [-0.05, 0) is 105 Å². The minimum absolute atomic E-state index is 0.00308. The molecule has 1 unspecified atom stereocenters. The third-order valence-corrected chi connectivity index (χ3v) is 8.73. The van der Waals surface area contributed by atoms with Crippen LogP contribution < -0.4 is 4.74 Å². The zero-order valence-corrected chi connectivity index (χ0v) is 30.0. The smallest absolute Gasteiger partial charge is 0.331 e. The highest BCUT2D eigenvalue weighted by Crippen LogP contribution is 2.39. The molecule has 0 radical (unpaired) electrons. The second-order valence-corrected chi connectivity index (χ2v) is 12.5. The fraction of sp³-hybridized carbons (Fsp3) is 0.488. The lowest BCUT2D eigenvalue weighted by atomic mass is 9.72. The summed E-state index contributed by atoms with van der Waals surface area (Å²) in [6, 6.07) is 17.8. The molecule has 0 heterocycles. The Morgan fingerprint density at radius 1 is 0.980 bits per heavy atom. The second-order valence-electron chi connectivity index (χ2n) is 12.5. The van der Waals surface area contributed by atoms with E-state index in [-0.39, 0.29) is 31.3 Å². The van der Waals surface area contributed by atoms with Gasteiger partial charge in [-0.25, -0.2) is 4.79 Å². The van der Waals surface area contributed by atoms with Gasteiger partial charge in [0.05, 0.1) is 45.7 Å². The molecular weight excluding hydrogens is 620 g/mol. The molecule has 2 aromatic carbocycles. The van der Waals surface area contributed by atoms with Gasteiger partial charge in [-0.3, -0.25) is 0 Å². The SMILES string of the molecule is C=C(C)[C@@H]1CC=C(C)[C@H](OCOC)[C@H]1CC(O)/C=C(CCOCc1ccccc1)/C(=C/C(=O)OCC)CCCOCc1ccc(OC)cc1. The molecular formula is C41H56O8. The fourth-order valence-corrected chi connectivity index (χ4v) is 6.21. The van der Waals surface area contributed by atoms with Crippen LogP contribution in [0, 0.1) is 11.8 Å². The molecule has 3 rings (SSSR count). The average molecular weight is 677 g/mol. The molecule has 0 amide bonds. The molecule has 49 heavy (non-hydrogen) atoms. The highest BCUT2D eigenvalue weighted by molar-refractivity contribution is 5.83. The van der Waals surface area contributed by atoms with Crippen LogP contribution in [0.15, 0.2) is 102 Å². The van der Waals surface area contributed by atoms with Crippen molar-refractivity contribution in [1.82, 2.24) is 0 Å². The molecule has 0 bridgehead atoms. The van der Waals surface area contributed by atoms with Crippen molar-refractivity contribution in [3.63, 3.8) is 0 Å². The van der Waals surface area contributed by atoms with Crippen LogP contribution in [0.2, 0.25) is 0 Å². The topological polar surface area (TPSA) is 92.7 Å². The maximum atomic E-state index is 12.8. The number of aliphatic hydroxyl groups excluding tert-OH is 1. The average Bonchev–Trinajstić information content (AvgIpc) is 3.09. The minimum atomic E-state index is -0.799. The largest absolute Gasteiger partial charge is 0.497 e. The van der Waals surface area contributed by atoms with Crippen molar-refractivity contribution in [1.29, 1.82) is 0 Å². The summed E-state index contributed by atoms with van der Waals surface area (Å²) in [5, 5.41) is 11.7. The summed E-state index contributed by atoms with van der Waals surface area (Å²) in [6.07, 6.45) is 7.70. The Labute approximate surface area is 293 Å². The maximum Gasteiger partial charge on any atom is 0.331 e. The number of hydrogen-bond donors (Lipinski definition) is 1. The van der Waals surface area contributed by atoms with E-state index >= 15 is 0 Å². The van der Waals surface area contributed by atoms with Crippen LogP contribution in [0.1, 0.15) is 64.0 Å². The van der Waals surface area contributed by atoms with Gasteiger partial charge in [0.1, 0.15) is 12.5 Å². The van der Waals surface area contributed by atoms with E-state index in [0.717, 1.165) is 45.6 Å². The number of ether oxygens (including phenoxy) is 6. The van der Waals surface area contributed by atoms with Crippen LogP contribution in [0.4, 0.5) is 0 Å². The third kappa shape index (κ3) is 14.1. The van der Waals surface area contributed by atoms with Crippen LogP contribution in [0.5, 0.6) is 5.75 Å². The molecule has 0 fully saturated rings. The normalized spacial score (nSPS) is 18.9. The standard InChI is InChI=1S/C41H56O8/c1-7-48-40(43)25-34(14-11-22-46-28-33-16-18-37(45-6)19-17-33)35(21-23-47-27-32-12-9-8-10-13-32)24-36(42)26-39-38(30(2)3)20-15-31(4)41(39)49-29-44-5/h8-10,12-13,15-19,24-25,36,38-39,41-42H,2,7,11,14,20-23,26-29H2,1,3-6H3/b34-25+,35-24+/t36?,38-,39-,41-/m0/s1. The van der Waals surface area contributed by atoms with Crippen molar-refractivity contribution < 1.29 is 38.3 Å². The van der Waals surface area contributed by atoms with Crippen LogP contribution in [0.25, 0.3) is 0 Å². The highest BCUT2D eigenvalue weighted by atomic mass is 16.7. The molecule has 0 saturated carbocycles. The molecule has 1 aliphatic rings. The van der Waals surface area contributed by atoms with Gasteiger partial charge in [-0.2, -0.15) is 0 Å². The Morgan fingerprint density at radius 3 is 2.33 bits per heavy atom. The highest BCUT2D eigenvalue weighted by Gasteiger charge is 2.36. The fourth-order valence-electron chi connectivity index (χ4n) is 6.21. The number of benzene rings is 2. The first kappa shape index (κ1) is 39.9. The van der Waals surface area contributed by atoms with E-state index < -0.39 is 12.1 Å². The number of carbonyl (C=O) groups excluding carboxylic acids is 1. The van der Waals surface area contributed by atoms with Crippen molar-refractivity contribution in [3.8, 4) is 5.75 Å². The van der Waals surface area contributed by atoms with E-state index in [4.69, 9.17) is 28.4 Å². The summed E-state index contributed by atoms with van der Waals surface area (Å²) in [4.78, 5) is 12.8. The third-order valence-electron chi connectivity index (χ3n) is 8.73. The van der Waals surface area contributed by atoms with Crippen molar-refractivity contribution >= 4 is 5.97 Å². The van der Waals surface area contributed by atoms with E-state index in [1.807, 2.05) is 67.6 Å². The van der Waals surface area contributed by atoms with Gasteiger partial charge < -0.3 is 33.5 Å². The van der Waals surface area contributed by atoms with Gasteiger partial charge >= 0.3 is 5.97 Å². The predicted molar refractivity (Wildman–Crippen MR) is 193 cm³/mol. The van der Waals surface area contributed by atoms with E-state index in [0.29, 0.717) is 52.1 Å². The Kier molecular flexibility index (Phi) is 18.1. The Bertz CT molecular complexity index is 1360. The summed E-state index contributed by atoms with van der Waals surface area (Å²) in [5.41, 5.74) is 5.98. The van der Waals surface area contributed by atoms with Gasteiger partial charge in [0.2, 0.25) is 0 Å². The molecule has 0 aromatic heterocycles. The number of carbonyl (C=O) groups is 1. The predicted octanol–water partition coefficient (Wildman–Crippen LogP) is 7.91. The molecule has 8 nitrogen and oxygen atoms in total. The number of aliphatic hydroxyl groups is 1. The van der Waals surface area contributed by atoms with Crippen molar-refractivity contribution in [2.75, 3.05) is 40.8 Å². The number of hydrogen-bond acceptors (Lipinski definition) is 8. The summed E-state index contributed by atoms with van der Waals surface area (Å²) >= 11 is 0. The molecule has 1 aliphatic carbocycles. The number of esters is 1. The lowest BCUT2D eigenvalue weighted by Gasteiger charge is -2.38. The molecule has 1 N–H and O–H groups in total. The number of rotatable bonds is 22. The van der Waals surface area contributed by atoms with Gasteiger partial charge in [0.25, 0.3) is 0 Å². The van der Waals surface area contributed by atoms with Gasteiger partial charge in [-0.15, -0.1) is 0 Å². The van der Waals surface area contributed by atoms with Crippen LogP contribution in [-0.4, -0.2) is 64.1 Å². The Balaban J connectivity index is 1.80. The van der Waals surface area contributed by atoms with Gasteiger partial charge in [0, 0.05) is 19.8 Å². The molecule has 0 aliphatic heterocycles. The minimum Gasteiger partial charge on any atom is -0.497 e. The Hall–Kier alpha value is -3.53. The van der Waals surface area contributed by atoms with E-state index in [1.54, 1.807) is 27.2 Å². The van der Waals surface area contributed by atoms with Crippen molar-refractivity contribution in [3.05, 3.63) is 113 Å². The first-order valence-electron chi connectivity index (χ1n) is 17.3. The molecule has 0 saturated heterocycles. The van der Waals surface area contributed by atoms with E-state index in [9.17, 15) is 9.90 Å². The molecule has 4 atom stereocenters. The van der Waals surface area contributed by atoms with E-state index in [1.165, 1.54) is 0 Å². The molecule has 268 valence electrons. The maximum absolute atomic E-state index is 12.8. The zero-order valence-electron chi connectivity index (χ0n) is 30.0. The summed E-state index contributed by atoms with van der Waals surface area (Å²) in [6.45, 7) is 12.4. The van der Waals surface area contributed by atoms with Crippen molar-refractivity contribution in [2.24, 2.45) is 11.8 Å². The van der Waals surface area contributed by atoms with Crippen LogP contribution >= 0.6 is 0 Å². The van der Waals surface area contributed by atoms with Crippen LogP contribution in [-0.2, 0) is 41.7 Å². The van der Waals surface area contributed by atoms with Gasteiger partial charge in [-0.1, -0.05) is 66.8 Å². The Morgan fingerprint density at radius 2 is 1.67 bits per heavy atom. The first-order chi connectivity index (χ1) is 23.7. The number of allylic oxidation sites excluding steroid dienone is 3. The van der Waals surface area contributed by atoms with Crippen LogP contribution in [0.3, 0.4) is 0 Å². The zero-order chi connectivity index (χ0) is 35.4. The van der Waals surface area contributed by atoms with Crippen molar-refractivity contribution in [2.45, 2.75) is 78.3 Å². The summed E-state index contributed by atoms with van der Waals surface area (Å²) in [7, 11) is 3.25. The molecule has 8 heteroatoms. The lowest BCUT2D eigenvalue weighted by molar-refractivity contribution is -0.137. The quantitative estimate of drug-likeness (QED) is 0.0336. The van der Waals surface area contributed by atoms with Gasteiger partial charge in [0.15, 0.2) is 0 Å². The summed E-state index contributed by atoms with van der Waals surface area (Å²) < 4.78 is 34.0. The van der Waals surface area contributed by atoms with E-state index in [2.05, 4.69) is 19.6 Å². The lowest BCUT2D eigenvalue weighted by Crippen LogP contribution is -2.37. The second kappa shape index (κ2) is 22.2. The molecule has 2 aromatic rings. The monoisotopic (exact) mass is 676 g/mol. The summed E-state index contributed by atoms with van der Waals surface area (Å²) in [5.74, 6) is 0.549. The molecule has 0 spiro atoms. The first-order valence-corrected chi connectivity index (χ1v) is 17.3. The number of methoxy groups -OCH3 is 2.